The molecule has 0 radical (unpaired) electrons. The molecule has 0 aliphatic heterocycles. The van der Waals surface area contributed by atoms with Gasteiger partial charge in [0.1, 0.15) is 24.8 Å². The third-order valence-corrected chi connectivity index (χ3v) is 5.02. The lowest BCUT2D eigenvalue weighted by Gasteiger charge is -2.10. The van der Waals surface area contributed by atoms with Gasteiger partial charge in [0.2, 0.25) is 0 Å². The fraction of sp³-hybridized carbons (Fsp3) is 0.120. The number of halogens is 2. The summed E-state index contributed by atoms with van der Waals surface area (Å²) in [6.45, 7) is 4.17. The lowest BCUT2D eigenvalue weighted by atomic mass is 10.2. The first-order valence-corrected chi connectivity index (χ1v) is 10.7. The first-order valence-electron chi connectivity index (χ1n) is 9.92. The van der Waals surface area contributed by atoms with Crippen molar-refractivity contribution in [2.45, 2.75) is 6.61 Å². The molecular formula is C25H22BrFN2O4. The van der Waals surface area contributed by atoms with E-state index >= 15 is 0 Å². The van der Waals surface area contributed by atoms with E-state index in [0.717, 1.165) is 11.1 Å². The third kappa shape index (κ3) is 6.92. The van der Waals surface area contributed by atoms with E-state index in [2.05, 4.69) is 33.0 Å². The Morgan fingerprint density at radius 3 is 2.64 bits per heavy atom. The van der Waals surface area contributed by atoms with Crippen LogP contribution in [0.25, 0.3) is 0 Å². The topological polar surface area (TPSA) is 69.2 Å². The predicted molar refractivity (Wildman–Crippen MR) is 129 cm³/mol. The largest absolute Gasteiger partial charge is 0.493 e. The van der Waals surface area contributed by atoms with Crippen LogP contribution >= 0.6 is 15.9 Å². The predicted octanol–water partition coefficient (Wildman–Crippen LogP) is 5.50. The van der Waals surface area contributed by atoms with Crippen molar-refractivity contribution in [2.75, 3.05) is 13.7 Å². The summed E-state index contributed by atoms with van der Waals surface area (Å²) < 4.78 is 30.5. The molecule has 0 bridgehead atoms. The molecule has 1 N–H and O–H groups in total. The van der Waals surface area contributed by atoms with Crippen LogP contribution in [0.2, 0.25) is 0 Å². The zero-order valence-corrected chi connectivity index (χ0v) is 19.5. The number of hydrogen-bond acceptors (Lipinski definition) is 5. The Bertz CT molecular complexity index is 1170. The molecule has 8 heteroatoms. The summed E-state index contributed by atoms with van der Waals surface area (Å²) in [5.41, 5.74) is 4.33. The average molecular weight is 513 g/mol. The van der Waals surface area contributed by atoms with Crippen LogP contribution in [0.3, 0.4) is 0 Å². The molecule has 33 heavy (non-hydrogen) atoms. The first kappa shape index (κ1) is 24.0. The highest BCUT2D eigenvalue weighted by Crippen LogP contribution is 2.28. The van der Waals surface area contributed by atoms with Gasteiger partial charge < -0.3 is 14.2 Å². The molecule has 0 saturated carbocycles. The summed E-state index contributed by atoms with van der Waals surface area (Å²) in [5, 5.41) is 4.01. The molecule has 0 spiro atoms. The van der Waals surface area contributed by atoms with Crippen molar-refractivity contribution >= 4 is 28.1 Å². The zero-order chi connectivity index (χ0) is 23.6. The molecule has 0 heterocycles. The van der Waals surface area contributed by atoms with Crippen molar-refractivity contribution in [2.24, 2.45) is 5.10 Å². The van der Waals surface area contributed by atoms with E-state index in [4.69, 9.17) is 14.2 Å². The standard InChI is InChI=1S/C25H22BrFN2O4/c1-3-11-32-23-10-8-19(14-24(23)31-2)25(30)29-28-15-17-7-9-22(21(26)13-17)33-16-18-5-4-6-20(27)12-18/h3-10,12-15H,1,11,16H2,2H3,(H,29,30)/b28-15+. The van der Waals surface area contributed by atoms with Crippen molar-refractivity contribution in [1.82, 2.24) is 5.43 Å². The maximum absolute atomic E-state index is 13.3. The number of nitrogens with zero attached hydrogens (tertiary/aromatic N) is 1. The molecular weight excluding hydrogens is 491 g/mol. The maximum Gasteiger partial charge on any atom is 0.271 e. The van der Waals surface area contributed by atoms with Gasteiger partial charge in [-0.1, -0.05) is 24.8 Å². The fourth-order valence-electron chi connectivity index (χ4n) is 2.81. The molecule has 0 atom stereocenters. The second-order valence-corrected chi connectivity index (χ2v) is 7.63. The van der Waals surface area contributed by atoms with E-state index in [0.29, 0.717) is 33.9 Å². The molecule has 0 unspecified atom stereocenters. The average Bonchev–Trinajstić information content (AvgIpc) is 2.82. The van der Waals surface area contributed by atoms with Gasteiger partial charge in [0.05, 0.1) is 17.8 Å². The van der Waals surface area contributed by atoms with Crippen molar-refractivity contribution in [3.05, 3.63) is 100 Å². The molecule has 6 nitrogen and oxygen atoms in total. The Morgan fingerprint density at radius 2 is 1.91 bits per heavy atom. The summed E-state index contributed by atoms with van der Waals surface area (Å²) >= 11 is 3.45. The molecule has 170 valence electrons. The second kappa shape index (κ2) is 11.8. The molecule has 0 aliphatic rings. The van der Waals surface area contributed by atoms with Gasteiger partial charge in [-0.15, -0.1) is 0 Å². The van der Waals surface area contributed by atoms with Crippen LogP contribution in [0.1, 0.15) is 21.5 Å². The minimum absolute atomic E-state index is 0.237. The summed E-state index contributed by atoms with van der Waals surface area (Å²) in [6.07, 6.45) is 3.13. The Kier molecular flexibility index (Phi) is 8.60. The van der Waals surface area contributed by atoms with Crippen LogP contribution in [0.15, 0.2) is 82.9 Å². The van der Waals surface area contributed by atoms with E-state index in [1.165, 1.54) is 25.5 Å². The maximum atomic E-state index is 13.3. The monoisotopic (exact) mass is 512 g/mol. The van der Waals surface area contributed by atoms with E-state index in [1.54, 1.807) is 54.6 Å². The van der Waals surface area contributed by atoms with Crippen molar-refractivity contribution in [3.63, 3.8) is 0 Å². The van der Waals surface area contributed by atoms with Crippen LogP contribution in [-0.4, -0.2) is 25.8 Å². The molecule has 0 saturated heterocycles. The zero-order valence-electron chi connectivity index (χ0n) is 17.9. The normalized spacial score (nSPS) is 10.6. The van der Waals surface area contributed by atoms with Gasteiger partial charge >= 0.3 is 0 Å². The summed E-state index contributed by atoms with van der Waals surface area (Å²) in [5.74, 6) is 0.854. The van der Waals surface area contributed by atoms with Gasteiger partial charge in [-0.05, 0) is 75.6 Å². The second-order valence-electron chi connectivity index (χ2n) is 6.77. The molecule has 1 amide bonds. The van der Waals surface area contributed by atoms with Gasteiger partial charge in [0, 0.05) is 5.56 Å². The number of hydrogen-bond donors (Lipinski definition) is 1. The van der Waals surface area contributed by atoms with Crippen molar-refractivity contribution in [3.8, 4) is 17.2 Å². The minimum atomic E-state index is -0.395. The van der Waals surface area contributed by atoms with Gasteiger partial charge in [0.25, 0.3) is 5.91 Å². The van der Waals surface area contributed by atoms with Crippen LogP contribution in [-0.2, 0) is 6.61 Å². The smallest absolute Gasteiger partial charge is 0.271 e. The lowest BCUT2D eigenvalue weighted by Crippen LogP contribution is -2.17. The van der Waals surface area contributed by atoms with Gasteiger partial charge in [-0.3, -0.25) is 4.79 Å². The number of methoxy groups -OCH3 is 1. The molecule has 0 aliphatic carbocycles. The highest BCUT2D eigenvalue weighted by Gasteiger charge is 2.11. The molecule has 3 rings (SSSR count). The number of carbonyl (C=O) groups is 1. The van der Waals surface area contributed by atoms with Gasteiger partial charge in [-0.2, -0.15) is 5.10 Å². The van der Waals surface area contributed by atoms with E-state index in [9.17, 15) is 9.18 Å². The number of carbonyl (C=O) groups excluding carboxylic acids is 1. The third-order valence-electron chi connectivity index (χ3n) is 4.40. The first-order chi connectivity index (χ1) is 16.0. The van der Waals surface area contributed by atoms with Gasteiger partial charge in [0.15, 0.2) is 11.5 Å². The number of rotatable bonds is 10. The number of hydrazone groups is 1. The Hall–Kier alpha value is -3.65. The van der Waals surface area contributed by atoms with Crippen LogP contribution < -0.4 is 19.6 Å². The lowest BCUT2D eigenvalue weighted by molar-refractivity contribution is 0.0954. The number of nitrogens with one attached hydrogen (secondary N) is 1. The SMILES string of the molecule is C=CCOc1ccc(C(=O)N/N=C/c2ccc(OCc3cccc(F)c3)c(Br)c2)cc1OC. The number of amides is 1. The minimum Gasteiger partial charge on any atom is -0.493 e. The molecule has 0 aromatic heterocycles. The summed E-state index contributed by atoms with van der Waals surface area (Å²) in [4.78, 5) is 12.4. The molecule has 3 aromatic rings. The summed E-state index contributed by atoms with van der Waals surface area (Å²) in [7, 11) is 1.50. The van der Waals surface area contributed by atoms with Gasteiger partial charge in [-0.25, -0.2) is 9.82 Å². The molecule has 0 fully saturated rings. The number of benzene rings is 3. The summed E-state index contributed by atoms with van der Waals surface area (Å²) in [6, 6.07) is 16.4. The van der Waals surface area contributed by atoms with Crippen molar-refractivity contribution in [1.29, 1.82) is 0 Å². The molecule has 3 aromatic carbocycles. The highest BCUT2D eigenvalue weighted by atomic mass is 79.9. The van der Waals surface area contributed by atoms with Crippen molar-refractivity contribution < 1.29 is 23.4 Å². The Morgan fingerprint density at radius 1 is 1.09 bits per heavy atom. The van der Waals surface area contributed by atoms with Crippen LogP contribution in [0.5, 0.6) is 17.2 Å². The highest BCUT2D eigenvalue weighted by molar-refractivity contribution is 9.10. The number of ether oxygens (including phenoxy) is 3. The Balaban J connectivity index is 1.59. The van der Waals surface area contributed by atoms with Crippen LogP contribution in [0, 0.1) is 5.82 Å². The van der Waals surface area contributed by atoms with E-state index < -0.39 is 5.91 Å². The Labute approximate surface area is 199 Å². The van der Waals surface area contributed by atoms with E-state index in [1.807, 2.05) is 0 Å². The fourth-order valence-corrected chi connectivity index (χ4v) is 3.32. The van der Waals surface area contributed by atoms with E-state index in [-0.39, 0.29) is 12.4 Å². The quantitative estimate of drug-likeness (QED) is 0.221. The van der Waals surface area contributed by atoms with Crippen LogP contribution in [0.4, 0.5) is 4.39 Å².